The minimum absolute atomic E-state index is 0.723. The van der Waals surface area contributed by atoms with Gasteiger partial charge in [-0.15, -0.1) is 0 Å². The van der Waals surface area contributed by atoms with Crippen LogP contribution < -0.4 is 0 Å². The van der Waals surface area contributed by atoms with Gasteiger partial charge in [-0.3, -0.25) is 0 Å². The standard InChI is InChI=1S/C12H9N3OS/c1-2-4-11-10(3-1)12(14-8-13-11)17-7-9-5-6-15-16-9/h1-6,8H,7H2. The highest BCUT2D eigenvalue weighted by atomic mass is 32.2. The van der Waals surface area contributed by atoms with E-state index in [1.165, 1.54) is 0 Å². The molecule has 0 unspecified atom stereocenters. The molecule has 0 fully saturated rings. The predicted octanol–water partition coefficient (Wildman–Crippen LogP) is 2.91. The van der Waals surface area contributed by atoms with Gasteiger partial charge in [-0.25, -0.2) is 9.97 Å². The van der Waals surface area contributed by atoms with Crippen molar-refractivity contribution >= 4 is 22.7 Å². The van der Waals surface area contributed by atoms with Crippen molar-refractivity contribution in [1.29, 1.82) is 0 Å². The van der Waals surface area contributed by atoms with E-state index in [1.807, 2.05) is 30.3 Å². The molecule has 5 heteroatoms. The van der Waals surface area contributed by atoms with Crippen LogP contribution in [-0.4, -0.2) is 15.1 Å². The highest BCUT2D eigenvalue weighted by Gasteiger charge is 2.05. The smallest absolute Gasteiger partial charge is 0.146 e. The van der Waals surface area contributed by atoms with Gasteiger partial charge in [0.2, 0.25) is 0 Å². The number of hydrogen-bond donors (Lipinski definition) is 0. The third-order valence-electron chi connectivity index (χ3n) is 2.35. The summed E-state index contributed by atoms with van der Waals surface area (Å²) in [6, 6.07) is 9.83. The lowest BCUT2D eigenvalue weighted by atomic mass is 10.2. The first kappa shape index (κ1) is 10.3. The van der Waals surface area contributed by atoms with Crippen molar-refractivity contribution in [1.82, 2.24) is 15.1 Å². The van der Waals surface area contributed by atoms with Crippen LogP contribution in [0, 0.1) is 0 Å². The topological polar surface area (TPSA) is 51.8 Å². The molecule has 0 bridgehead atoms. The van der Waals surface area contributed by atoms with Crippen LogP contribution in [0.15, 0.2) is 52.4 Å². The maximum Gasteiger partial charge on any atom is 0.146 e. The zero-order valence-corrected chi connectivity index (χ0v) is 9.72. The lowest BCUT2D eigenvalue weighted by Gasteiger charge is -2.02. The van der Waals surface area contributed by atoms with Gasteiger partial charge < -0.3 is 4.52 Å². The molecule has 0 amide bonds. The van der Waals surface area contributed by atoms with Gasteiger partial charge in [0.15, 0.2) is 0 Å². The Bertz CT molecular complexity index is 619. The molecule has 0 aliphatic rings. The van der Waals surface area contributed by atoms with Crippen molar-refractivity contribution in [2.45, 2.75) is 10.8 Å². The molecule has 1 aromatic carbocycles. The Hall–Kier alpha value is -1.88. The zero-order chi connectivity index (χ0) is 11.5. The van der Waals surface area contributed by atoms with E-state index in [1.54, 1.807) is 24.3 Å². The molecule has 3 rings (SSSR count). The van der Waals surface area contributed by atoms with Crippen LogP contribution in [0.2, 0.25) is 0 Å². The second-order valence-electron chi connectivity index (χ2n) is 3.46. The van der Waals surface area contributed by atoms with Crippen LogP contribution in [-0.2, 0) is 5.75 Å². The van der Waals surface area contributed by atoms with Crippen LogP contribution in [0.1, 0.15) is 5.76 Å². The fourth-order valence-corrected chi connectivity index (χ4v) is 2.43. The molecular formula is C12H9N3OS. The molecule has 0 atom stereocenters. The van der Waals surface area contributed by atoms with E-state index >= 15 is 0 Å². The Morgan fingerprint density at radius 3 is 2.94 bits per heavy atom. The largest absolute Gasteiger partial charge is 0.361 e. The Morgan fingerprint density at radius 2 is 2.06 bits per heavy atom. The third kappa shape index (κ3) is 2.14. The SMILES string of the molecule is c1ccc2c(SCc3ccno3)ncnc2c1. The maximum atomic E-state index is 5.05. The quantitative estimate of drug-likeness (QED) is 0.523. The molecule has 0 N–H and O–H groups in total. The summed E-state index contributed by atoms with van der Waals surface area (Å²) in [5.74, 6) is 1.57. The van der Waals surface area contributed by atoms with Gasteiger partial charge in [-0.2, -0.15) is 0 Å². The summed E-state index contributed by atoms with van der Waals surface area (Å²) in [6.45, 7) is 0. The minimum Gasteiger partial charge on any atom is -0.361 e. The summed E-state index contributed by atoms with van der Waals surface area (Å²) in [4.78, 5) is 8.52. The van der Waals surface area contributed by atoms with Gasteiger partial charge in [-0.1, -0.05) is 35.1 Å². The Labute approximate surface area is 102 Å². The van der Waals surface area contributed by atoms with Gasteiger partial charge in [0.1, 0.15) is 17.1 Å². The summed E-state index contributed by atoms with van der Waals surface area (Å²) in [7, 11) is 0. The van der Waals surface area contributed by atoms with E-state index in [0.29, 0.717) is 0 Å². The fourth-order valence-electron chi connectivity index (χ4n) is 1.55. The molecule has 2 aromatic heterocycles. The summed E-state index contributed by atoms with van der Waals surface area (Å²) in [6.07, 6.45) is 3.24. The second kappa shape index (κ2) is 4.55. The molecular weight excluding hydrogens is 234 g/mol. The van der Waals surface area contributed by atoms with E-state index in [2.05, 4.69) is 15.1 Å². The molecule has 0 aliphatic carbocycles. The van der Waals surface area contributed by atoms with Gasteiger partial charge in [0.05, 0.1) is 17.5 Å². The van der Waals surface area contributed by atoms with Crippen molar-refractivity contribution in [2.24, 2.45) is 0 Å². The molecule has 2 heterocycles. The fraction of sp³-hybridized carbons (Fsp3) is 0.0833. The van der Waals surface area contributed by atoms with Crippen LogP contribution in [0.4, 0.5) is 0 Å². The molecule has 0 spiro atoms. The van der Waals surface area contributed by atoms with Gasteiger partial charge in [0, 0.05) is 11.5 Å². The lowest BCUT2D eigenvalue weighted by Crippen LogP contribution is -1.87. The van der Waals surface area contributed by atoms with E-state index in [9.17, 15) is 0 Å². The summed E-state index contributed by atoms with van der Waals surface area (Å²) < 4.78 is 5.05. The van der Waals surface area contributed by atoms with Gasteiger partial charge in [-0.05, 0) is 6.07 Å². The number of thioether (sulfide) groups is 1. The number of nitrogens with zero attached hydrogens (tertiary/aromatic N) is 3. The van der Waals surface area contributed by atoms with Crippen molar-refractivity contribution in [3.05, 3.63) is 48.6 Å². The van der Waals surface area contributed by atoms with Crippen LogP contribution in [0.3, 0.4) is 0 Å². The zero-order valence-electron chi connectivity index (χ0n) is 8.91. The predicted molar refractivity (Wildman–Crippen MR) is 65.6 cm³/mol. The molecule has 84 valence electrons. The number of hydrogen-bond acceptors (Lipinski definition) is 5. The second-order valence-corrected chi connectivity index (χ2v) is 4.43. The average Bonchev–Trinajstić information content (AvgIpc) is 2.89. The molecule has 0 saturated heterocycles. The van der Waals surface area contributed by atoms with Crippen LogP contribution in [0.5, 0.6) is 0 Å². The molecule has 0 aliphatic heterocycles. The molecule has 3 aromatic rings. The summed E-state index contributed by atoms with van der Waals surface area (Å²) in [5, 5.41) is 5.71. The normalized spacial score (nSPS) is 10.8. The Kier molecular flexibility index (Phi) is 2.75. The van der Waals surface area contributed by atoms with E-state index in [4.69, 9.17) is 4.52 Å². The first-order chi connectivity index (χ1) is 8.43. The monoisotopic (exact) mass is 243 g/mol. The molecule has 4 nitrogen and oxygen atoms in total. The minimum atomic E-state index is 0.723. The summed E-state index contributed by atoms with van der Waals surface area (Å²) in [5.41, 5.74) is 0.961. The lowest BCUT2D eigenvalue weighted by molar-refractivity contribution is 0.395. The Morgan fingerprint density at radius 1 is 1.12 bits per heavy atom. The number of aromatic nitrogens is 3. The number of benzene rings is 1. The van der Waals surface area contributed by atoms with Crippen molar-refractivity contribution in [3.8, 4) is 0 Å². The van der Waals surface area contributed by atoms with Crippen molar-refractivity contribution in [2.75, 3.05) is 0 Å². The highest BCUT2D eigenvalue weighted by molar-refractivity contribution is 7.98. The number of rotatable bonds is 3. The van der Waals surface area contributed by atoms with E-state index in [0.717, 1.165) is 27.4 Å². The maximum absolute atomic E-state index is 5.05. The van der Waals surface area contributed by atoms with E-state index in [-0.39, 0.29) is 0 Å². The van der Waals surface area contributed by atoms with E-state index < -0.39 is 0 Å². The number of para-hydroxylation sites is 1. The van der Waals surface area contributed by atoms with Crippen LogP contribution in [0.25, 0.3) is 10.9 Å². The first-order valence-corrected chi connectivity index (χ1v) is 6.14. The Balaban J connectivity index is 1.90. The molecule has 17 heavy (non-hydrogen) atoms. The van der Waals surface area contributed by atoms with Crippen LogP contribution >= 0.6 is 11.8 Å². The molecule has 0 saturated carbocycles. The first-order valence-electron chi connectivity index (χ1n) is 5.15. The average molecular weight is 243 g/mol. The van der Waals surface area contributed by atoms with Gasteiger partial charge in [0.25, 0.3) is 0 Å². The summed E-state index contributed by atoms with van der Waals surface area (Å²) >= 11 is 1.62. The van der Waals surface area contributed by atoms with Crippen molar-refractivity contribution in [3.63, 3.8) is 0 Å². The third-order valence-corrected chi connectivity index (χ3v) is 3.38. The molecule has 0 radical (unpaired) electrons. The van der Waals surface area contributed by atoms with Crippen molar-refractivity contribution < 1.29 is 4.52 Å². The number of fused-ring (bicyclic) bond motifs is 1. The van der Waals surface area contributed by atoms with Gasteiger partial charge >= 0.3 is 0 Å². The highest BCUT2D eigenvalue weighted by Crippen LogP contribution is 2.26.